The highest BCUT2D eigenvalue weighted by molar-refractivity contribution is 6.18. The highest BCUT2D eigenvalue weighted by Crippen LogP contribution is 2.51. The van der Waals surface area contributed by atoms with Gasteiger partial charge in [0.25, 0.3) is 0 Å². The second-order valence-corrected chi connectivity index (χ2v) is 17.2. The van der Waals surface area contributed by atoms with Crippen molar-refractivity contribution in [2.45, 2.75) is 27.7 Å². The highest BCUT2D eigenvalue weighted by Gasteiger charge is 2.26. The number of para-hydroxylation sites is 1. The summed E-state index contributed by atoms with van der Waals surface area (Å²) < 4.78 is 0. The molecule has 0 bridgehead atoms. The van der Waals surface area contributed by atoms with Gasteiger partial charge >= 0.3 is 0 Å². The first-order valence-electron chi connectivity index (χ1n) is 24.6. The Balaban J connectivity index is 1.36. The lowest BCUT2D eigenvalue weighted by Gasteiger charge is -2.30. The summed E-state index contributed by atoms with van der Waals surface area (Å²) in [5.74, 6) is 0. The minimum Gasteiger partial charge on any atom is -0.310 e. The summed E-state index contributed by atoms with van der Waals surface area (Å²) >= 11 is 0. The van der Waals surface area contributed by atoms with Gasteiger partial charge in [0.1, 0.15) is 0 Å². The van der Waals surface area contributed by atoms with Crippen LogP contribution in [0.3, 0.4) is 0 Å². The van der Waals surface area contributed by atoms with Crippen molar-refractivity contribution in [1.82, 2.24) is 0 Å². The number of fused-ring (bicyclic) bond motifs is 1. The standard InChI is InChI=1S/C70H62N2/c1-9-15-37-59(14-6)71(52(8)64-40-26-25-32-54(64)30-11-3)61-47-43-57(44-48-61)67-65-41-27-28-42-66(65)68(70(56-35-21-17-22-36-56)69(67)55-33-19-16-20-34-55)58-45-49-62(50-46-58)72(60-38-23-18-24-39-60)51(7)63(31-12-4)53(13-5)29-10-2/h9-50H,4,6-8H2,1-3,5H3/b15-9-,29-10-,30-11-,53-13?,59-37+,63-31-. The van der Waals surface area contributed by atoms with E-state index in [4.69, 9.17) is 13.2 Å². The lowest BCUT2D eigenvalue weighted by atomic mass is 9.79. The number of allylic oxidation sites excluding steroid dienone is 11. The van der Waals surface area contributed by atoms with E-state index in [1.165, 1.54) is 0 Å². The third-order valence-electron chi connectivity index (χ3n) is 12.8. The monoisotopic (exact) mass is 930 g/mol. The molecule has 0 N–H and O–H groups in total. The van der Waals surface area contributed by atoms with Crippen LogP contribution in [0.15, 0.2) is 298 Å². The molecule has 0 unspecified atom stereocenters. The lowest BCUT2D eigenvalue weighted by Crippen LogP contribution is -2.19. The van der Waals surface area contributed by atoms with Crippen molar-refractivity contribution < 1.29 is 0 Å². The van der Waals surface area contributed by atoms with Gasteiger partial charge in [-0.2, -0.15) is 0 Å². The molecule has 0 saturated carbocycles. The van der Waals surface area contributed by atoms with Crippen LogP contribution in [-0.2, 0) is 0 Å². The number of rotatable bonds is 18. The maximum Gasteiger partial charge on any atom is 0.0468 e. The van der Waals surface area contributed by atoms with Gasteiger partial charge in [-0.25, -0.2) is 0 Å². The van der Waals surface area contributed by atoms with Crippen LogP contribution in [-0.4, -0.2) is 0 Å². The molecule has 0 amide bonds. The van der Waals surface area contributed by atoms with Gasteiger partial charge in [0, 0.05) is 45.3 Å². The van der Waals surface area contributed by atoms with E-state index in [2.05, 4.69) is 248 Å². The summed E-state index contributed by atoms with van der Waals surface area (Å²) in [6.45, 7) is 25.9. The summed E-state index contributed by atoms with van der Waals surface area (Å²) in [4.78, 5) is 4.43. The van der Waals surface area contributed by atoms with Crippen molar-refractivity contribution in [1.29, 1.82) is 0 Å². The Bertz CT molecular complexity index is 3410. The molecule has 0 aliphatic carbocycles. The van der Waals surface area contributed by atoms with Crippen molar-refractivity contribution in [2.24, 2.45) is 0 Å². The van der Waals surface area contributed by atoms with Crippen molar-refractivity contribution in [3.05, 3.63) is 309 Å². The Kier molecular flexibility index (Phi) is 16.2. The smallest absolute Gasteiger partial charge is 0.0468 e. The molecule has 8 rings (SSSR count). The van der Waals surface area contributed by atoms with Gasteiger partial charge in [-0.3, -0.25) is 0 Å². The molecule has 0 heterocycles. The fourth-order valence-electron chi connectivity index (χ4n) is 9.63. The third kappa shape index (κ3) is 10.3. The minimum absolute atomic E-state index is 0.845. The van der Waals surface area contributed by atoms with E-state index in [0.29, 0.717) is 0 Å². The average Bonchev–Trinajstić information content (AvgIpc) is 3.43. The number of nitrogens with zero attached hydrogens (tertiary/aromatic N) is 2. The first-order valence-corrected chi connectivity index (χ1v) is 24.6. The second-order valence-electron chi connectivity index (χ2n) is 17.2. The lowest BCUT2D eigenvalue weighted by molar-refractivity contribution is 1.18. The van der Waals surface area contributed by atoms with Crippen LogP contribution in [0, 0.1) is 0 Å². The van der Waals surface area contributed by atoms with E-state index >= 15 is 0 Å². The summed E-state index contributed by atoms with van der Waals surface area (Å²) in [5, 5.41) is 2.32. The quantitative estimate of drug-likeness (QED) is 0.0791. The molecule has 0 spiro atoms. The Hall–Kier alpha value is -8.98. The van der Waals surface area contributed by atoms with Crippen molar-refractivity contribution in [3.63, 3.8) is 0 Å². The Morgan fingerprint density at radius 1 is 0.458 bits per heavy atom. The predicted octanol–water partition coefficient (Wildman–Crippen LogP) is 20.0. The van der Waals surface area contributed by atoms with Gasteiger partial charge < -0.3 is 9.80 Å². The number of hydrogen-bond donors (Lipinski definition) is 0. The van der Waals surface area contributed by atoms with E-state index in [0.717, 1.165) is 112 Å². The molecular formula is C70H62N2. The number of benzene rings is 8. The first-order chi connectivity index (χ1) is 35.4. The van der Waals surface area contributed by atoms with E-state index in [9.17, 15) is 0 Å². The molecule has 0 fully saturated rings. The summed E-state index contributed by atoms with van der Waals surface area (Å²) in [6.07, 6.45) is 22.4. The second kappa shape index (κ2) is 23.6. The van der Waals surface area contributed by atoms with E-state index in [1.54, 1.807) is 0 Å². The molecule has 352 valence electrons. The number of hydrogen-bond acceptors (Lipinski definition) is 2. The van der Waals surface area contributed by atoms with Crippen molar-refractivity contribution >= 4 is 39.6 Å². The highest BCUT2D eigenvalue weighted by atomic mass is 15.2. The van der Waals surface area contributed by atoms with Crippen LogP contribution in [0.5, 0.6) is 0 Å². The van der Waals surface area contributed by atoms with Crippen LogP contribution in [0.25, 0.3) is 67.1 Å². The zero-order chi connectivity index (χ0) is 50.4. The van der Waals surface area contributed by atoms with Crippen LogP contribution >= 0.6 is 0 Å². The molecule has 0 atom stereocenters. The zero-order valence-electron chi connectivity index (χ0n) is 42.0. The first kappa shape index (κ1) is 49.4. The minimum atomic E-state index is 0.845. The molecule has 0 radical (unpaired) electrons. The molecule has 8 aromatic carbocycles. The Morgan fingerprint density at radius 2 is 0.944 bits per heavy atom. The van der Waals surface area contributed by atoms with Gasteiger partial charge in [-0.05, 0) is 143 Å². The van der Waals surface area contributed by atoms with Crippen LogP contribution in [0.1, 0.15) is 38.8 Å². The van der Waals surface area contributed by atoms with Gasteiger partial charge in [-0.1, -0.05) is 233 Å². The topological polar surface area (TPSA) is 6.48 Å². The SMILES string of the molecule is C=C/C=C(/C(=C)N(c1ccccc1)c1ccc(-c2c(-c3ccccc3)c(-c3ccccc3)c(-c3ccc(N(C(=C)c4ccccc4/C=C\C)/C(C=C)=C/C=C\C)cc3)c3ccccc23)cc1)C(=CC)/C=C\C. The molecule has 0 aliphatic rings. The van der Waals surface area contributed by atoms with E-state index in [1.807, 2.05) is 57.2 Å². The van der Waals surface area contributed by atoms with Gasteiger partial charge in [0.05, 0.1) is 0 Å². The fourth-order valence-corrected chi connectivity index (χ4v) is 9.63. The van der Waals surface area contributed by atoms with Gasteiger partial charge in [0.15, 0.2) is 0 Å². The summed E-state index contributed by atoms with van der Waals surface area (Å²) in [5.41, 5.74) is 18.9. The maximum absolute atomic E-state index is 4.72. The molecule has 0 aliphatic heterocycles. The Labute approximate surface area is 428 Å². The molecule has 8 aromatic rings. The van der Waals surface area contributed by atoms with Gasteiger partial charge in [-0.15, -0.1) is 0 Å². The number of anilines is 3. The zero-order valence-corrected chi connectivity index (χ0v) is 42.0. The van der Waals surface area contributed by atoms with E-state index < -0.39 is 0 Å². The molecular weight excluding hydrogens is 869 g/mol. The Morgan fingerprint density at radius 3 is 1.44 bits per heavy atom. The average molecular weight is 931 g/mol. The predicted molar refractivity (Wildman–Crippen MR) is 316 cm³/mol. The largest absolute Gasteiger partial charge is 0.310 e. The van der Waals surface area contributed by atoms with E-state index in [-0.39, 0.29) is 0 Å². The normalized spacial score (nSPS) is 12.2. The molecule has 2 nitrogen and oxygen atoms in total. The fraction of sp³-hybridized carbons (Fsp3) is 0.0571. The van der Waals surface area contributed by atoms with Crippen LogP contribution in [0.4, 0.5) is 17.1 Å². The molecule has 2 heteroatoms. The summed E-state index contributed by atoms with van der Waals surface area (Å²) in [7, 11) is 0. The van der Waals surface area contributed by atoms with Gasteiger partial charge in [0.2, 0.25) is 0 Å². The molecule has 0 saturated heterocycles. The van der Waals surface area contributed by atoms with Crippen LogP contribution < -0.4 is 9.80 Å². The maximum atomic E-state index is 4.72. The summed E-state index contributed by atoms with van der Waals surface area (Å²) in [6, 6.07) is 67.3. The molecule has 72 heavy (non-hydrogen) atoms. The third-order valence-corrected chi connectivity index (χ3v) is 12.8. The molecule has 0 aromatic heterocycles. The van der Waals surface area contributed by atoms with Crippen molar-refractivity contribution in [3.8, 4) is 44.5 Å². The van der Waals surface area contributed by atoms with Crippen molar-refractivity contribution in [2.75, 3.05) is 9.80 Å². The van der Waals surface area contributed by atoms with Crippen LogP contribution in [0.2, 0.25) is 0 Å².